The molecule has 8 atom stereocenters. The molecule has 2 saturated carbocycles. The van der Waals surface area contributed by atoms with E-state index < -0.39 is 4.92 Å². The zero-order valence-electron chi connectivity index (χ0n) is 25.4. The molecule has 1 heterocycles. The fraction of sp³-hybridized carbons (Fsp3) is 0.382. The summed E-state index contributed by atoms with van der Waals surface area (Å²) in [7, 11) is 0. The van der Waals surface area contributed by atoms with Gasteiger partial charge in [0.15, 0.2) is 0 Å². The Labute approximate surface area is 265 Å². The Morgan fingerprint density at radius 1 is 0.826 bits per heavy atom. The van der Waals surface area contributed by atoms with Gasteiger partial charge >= 0.3 is 5.97 Å². The highest BCUT2D eigenvalue weighted by atomic mass is 16.6. The molecule has 2 fully saturated rings. The number of esters is 1. The van der Waals surface area contributed by atoms with Crippen molar-refractivity contribution in [3.05, 3.63) is 116 Å². The minimum atomic E-state index is -0.409. The number of benzene rings is 2. The number of aromatic amines is 1. The second kappa shape index (κ2) is 12.7. The third-order valence-electron chi connectivity index (χ3n) is 9.70. The molecule has 8 unspecified atom stereocenters. The summed E-state index contributed by atoms with van der Waals surface area (Å²) in [6, 6.07) is 13.4. The number of imidazole rings is 1. The average Bonchev–Trinajstić information content (AvgIpc) is 3.88. The number of hydrogen-bond donors (Lipinski definition) is 2. The van der Waals surface area contributed by atoms with Crippen LogP contribution in [0, 0.1) is 49.8 Å². The number of fused-ring (bicyclic) bond motifs is 4. The van der Waals surface area contributed by atoms with Crippen LogP contribution in [-0.4, -0.2) is 38.3 Å². The summed E-state index contributed by atoms with van der Waals surface area (Å²) in [5.74, 6) is 1.91. The first-order chi connectivity index (χ1) is 22.1. The number of nitrogens with zero attached hydrogens (tertiary/aromatic N) is 3. The van der Waals surface area contributed by atoms with Crippen LogP contribution in [0.5, 0.6) is 0 Å². The van der Waals surface area contributed by atoms with Gasteiger partial charge in [-0.15, -0.1) is 0 Å². The van der Waals surface area contributed by atoms with Crippen molar-refractivity contribution in [1.29, 1.82) is 0 Å². The molecule has 12 nitrogen and oxygen atoms in total. The third-order valence-corrected chi connectivity index (χ3v) is 9.70. The van der Waals surface area contributed by atoms with Gasteiger partial charge in [-0.3, -0.25) is 35.1 Å². The lowest BCUT2D eigenvalue weighted by molar-refractivity contribution is -0.385. The van der Waals surface area contributed by atoms with Crippen LogP contribution >= 0.6 is 0 Å². The number of amides is 1. The highest BCUT2D eigenvalue weighted by Gasteiger charge is 2.49. The molecule has 7 rings (SSSR count). The monoisotopic (exact) mass is 625 g/mol. The summed E-state index contributed by atoms with van der Waals surface area (Å²) in [5.41, 5.74) is 3.25. The number of aromatic nitrogens is 2. The maximum absolute atomic E-state index is 12.2. The number of non-ortho nitro benzene ring substituents is 2. The predicted molar refractivity (Wildman–Crippen MR) is 169 cm³/mol. The van der Waals surface area contributed by atoms with E-state index in [1.807, 2.05) is 19.1 Å². The molecule has 238 valence electrons. The summed E-state index contributed by atoms with van der Waals surface area (Å²) < 4.78 is 5.21. The summed E-state index contributed by atoms with van der Waals surface area (Å²) in [4.78, 5) is 51.7. The molecule has 12 heteroatoms. The van der Waals surface area contributed by atoms with E-state index >= 15 is 0 Å². The van der Waals surface area contributed by atoms with Crippen molar-refractivity contribution in [2.75, 3.05) is 11.9 Å². The lowest BCUT2D eigenvalue weighted by Crippen LogP contribution is -2.28. The minimum absolute atomic E-state index is 0.0693. The largest absolute Gasteiger partial charge is 0.466 e. The van der Waals surface area contributed by atoms with Crippen molar-refractivity contribution in [2.45, 2.75) is 44.4 Å². The van der Waals surface area contributed by atoms with E-state index in [9.17, 15) is 29.8 Å². The number of hydrogen-bond acceptors (Lipinski definition) is 8. The molecular formula is C34H35N5O7. The van der Waals surface area contributed by atoms with Crippen LogP contribution in [0.3, 0.4) is 0 Å². The summed E-state index contributed by atoms with van der Waals surface area (Å²) in [6.07, 6.45) is 12.6. The number of nitro benzene ring substituents is 2. The quantitative estimate of drug-likeness (QED) is 0.125. The van der Waals surface area contributed by atoms with Crippen LogP contribution in [0.1, 0.15) is 61.3 Å². The van der Waals surface area contributed by atoms with Crippen LogP contribution < -0.4 is 5.32 Å². The maximum atomic E-state index is 12.2. The van der Waals surface area contributed by atoms with Crippen molar-refractivity contribution in [3.8, 4) is 0 Å². The predicted octanol–water partition coefficient (Wildman–Crippen LogP) is 6.41. The molecule has 1 amide bonds. The lowest BCUT2D eigenvalue weighted by atomic mass is 9.77. The topological polar surface area (TPSA) is 170 Å². The second-order valence-electron chi connectivity index (χ2n) is 12.3. The Hall–Kier alpha value is -5.13. The van der Waals surface area contributed by atoms with E-state index in [0.29, 0.717) is 30.3 Å². The van der Waals surface area contributed by atoms with E-state index in [-0.39, 0.29) is 57.8 Å². The molecule has 4 aliphatic rings. The van der Waals surface area contributed by atoms with Gasteiger partial charge in [0.1, 0.15) is 0 Å². The van der Waals surface area contributed by atoms with Crippen LogP contribution in [0.15, 0.2) is 79.0 Å². The van der Waals surface area contributed by atoms with Gasteiger partial charge < -0.3 is 9.72 Å². The molecule has 2 aromatic carbocycles. The van der Waals surface area contributed by atoms with E-state index in [1.165, 1.54) is 19.1 Å². The fourth-order valence-corrected chi connectivity index (χ4v) is 7.91. The van der Waals surface area contributed by atoms with Gasteiger partial charge in [-0.2, -0.15) is 0 Å². The average molecular weight is 626 g/mol. The van der Waals surface area contributed by atoms with Crippen LogP contribution in [0.25, 0.3) is 0 Å². The van der Waals surface area contributed by atoms with Crippen molar-refractivity contribution in [3.63, 3.8) is 0 Å². The van der Waals surface area contributed by atoms with E-state index in [1.54, 1.807) is 30.5 Å². The fourth-order valence-electron chi connectivity index (χ4n) is 7.91. The molecule has 1 aromatic heterocycles. The Morgan fingerprint density at radius 2 is 1.33 bits per heavy atom. The van der Waals surface area contributed by atoms with Crippen LogP contribution in [0.4, 0.5) is 17.3 Å². The molecule has 0 radical (unpaired) electrons. The van der Waals surface area contributed by atoms with E-state index in [0.717, 1.165) is 29.7 Å². The third kappa shape index (κ3) is 5.94. The van der Waals surface area contributed by atoms with E-state index in [2.05, 4.69) is 39.6 Å². The number of allylic oxidation sites excluding steroid dienone is 4. The molecule has 2 N–H and O–H groups in total. The Bertz CT molecular complexity index is 1700. The lowest BCUT2D eigenvalue weighted by Gasteiger charge is -2.27. The Morgan fingerprint density at radius 3 is 1.87 bits per heavy atom. The standard InChI is InChI=1S/C18H18N4O3.C16H17NO4/c1-10(23)20-18-19-9-15(21-18)17-13-3-2-12(8-13)16(17)11-4-6-14(7-5-11)22(24)25;1-2-21-16(18)15-12-4-3-11(9-12)14(15)10-5-7-13(8-6-10)17(19)20/h2-7,9,12-13,16-17H,8H2,1H3,(H2,19,20,21,23);3-8,11-12,14-15H,2,9H2,1H3. The molecule has 0 aliphatic heterocycles. The maximum Gasteiger partial charge on any atom is 0.310 e. The Kier molecular flexibility index (Phi) is 8.53. The molecular weight excluding hydrogens is 590 g/mol. The van der Waals surface area contributed by atoms with Crippen molar-refractivity contribution in [2.24, 2.45) is 29.6 Å². The first-order valence-corrected chi connectivity index (χ1v) is 15.5. The van der Waals surface area contributed by atoms with Crippen LogP contribution in [0.2, 0.25) is 0 Å². The smallest absolute Gasteiger partial charge is 0.310 e. The highest BCUT2D eigenvalue weighted by molar-refractivity contribution is 5.86. The first-order valence-electron chi connectivity index (χ1n) is 15.5. The number of rotatable bonds is 8. The van der Waals surface area contributed by atoms with Crippen molar-refractivity contribution >= 4 is 29.2 Å². The molecule has 4 bridgehead atoms. The van der Waals surface area contributed by atoms with Gasteiger partial charge in [-0.25, -0.2) is 4.98 Å². The normalized spacial score (nSPS) is 28.0. The number of nitro groups is 2. The summed E-state index contributed by atoms with van der Waals surface area (Å²) in [5, 5.41) is 24.3. The van der Waals surface area contributed by atoms with Gasteiger partial charge in [0.05, 0.1) is 28.6 Å². The van der Waals surface area contributed by atoms with Gasteiger partial charge in [-0.05, 0) is 60.5 Å². The zero-order valence-corrected chi connectivity index (χ0v) is 25.4. The number of H-pyrrole nitrogens is 1. The molecule has 0 spiro atoms. The first kappa shape index (κ1) is 30.9. The highest BCUT2D eigenvalue weighted by Crippen LogP contribution is 2.57. The minimum Gasteiger partial charge on any atom is -0.466 e. The molecule has 4 aliphatic carbocycles. The van der Waals surface area contributed by atoms with Gasteiger partial charge in [0.2, 0.25) is 11.9 Å². The SMILES string of the molecule is CC(=O)Nc1ncc(C2C3C=CC(C3)C2c2ccc([N+](=O)[O-])cc2)[nH]1.CCOC(=O)C1C2C=CC(C2)C1c1ccc([N+](=O)[O-])cc1. The number of ether oxygens (including phenoxy) is 1. The van der Waals surface area contributed by atoms with Gasteiger partial charge in [0.25, 0.3) is 11.4 Å². The van der Waals surface area contributed by atoms with Gasteiger partial charge in [-0.1, -0.05) is 48.6 Å². The zero-order chi connectivity index (χ0) is 32.5. The van der Waals surface area contributed by atoms with Crippen LogP contribution in [-0.2, 0) is 14.3 Å². The number of nitrogens with one attached hydrogen (secondary N) is 2. The summed E-state index contributed by atoms with van der Waals surface area (Å²) in [6.45, 7) is 3.63. The van der Waals surface area contributed by atoms with Crippen molar-refractivity contribution in [1.82, 2.24) is 9.97 Å². The summed E-state index contributed by atoms with van der Waals surface area (Å²) >= 11 is 0. The van der Waals surface area contributed by atoms with Gasteiger partial charge in [0, 0.05) is 48.7 Å². The molecule has 0 saturated heterocycles. The number of carbonyl (C=O) groups excluding carboxylic acids is 2. The second-order valence-corrected chi connectivity index (χ2v) is 12.3. The molecule has 46 heavy (non-hydrogen) atoms. The van der Waals surface area contributed by atoms with E-state index in [4.69, 9.17) is 4.74 Å². The number of carbonyl (C=O) groups is 2. The van der Waals surface area contributed by atoms with Crippen molar-refractivity contribution < 1.29 is 24.2 Å². The molecule has 3 aromatic rings. The Balaban J connectivity index is 0.000000164. The number of anilines is 1.